The number of ether oxygens (including phenoxy) is 1. The third-order valence-corrected chi connectivity index (χ3v) is 6.86. The Morgan fingerprint density at radius 1 is 1.28 bits per heavy atom. The summed E-state index contributed by atoms with van der Waals surface area (Å²) in [5.41, 5.74) is 2.87. The molecule has 0 aromatic heterocycles. The van der Waals surface area contributed by atoms with Crippen molar-refractivity contribution in [2.75, 3.05) is 7.11 Å². The van der Waals surface area contributed by atoms with Crippen molar-refractivity contribution in [1.29, 1.82) is 0 Å². The van der Waals surface area contributed by atoms with Crippen molar-refractivity contribution in [3.05, 3.63) is 34.9 Å². The second-order valence-electron chi connectivity index (χ2n) is 8.56. The minimum atomic E-state index is -0.549. The highest BCUT2D eigenvalue weighted by molar-refractivity contribution is 5.77. The summed E-state index contributed by atoms with van der Waals surface area (Å²) in [5, 5.41) is 9.59. The fourth-order valence-electron chi connectivity index (χ4n) is 5.36. The van der Waals surface area contributed by atoms with E-state index in [1.807, 2.05) is 6.92 Å². The fourth-order valence-corrected chi connectivity index (χ4v) is 5.36. The molecule has 1 saturated carbocycles. The molecule has 0 aliphatic heterocycles. The molecule has 2 aliphatic carbocycles. The van der Waals surface area contributed by atoms with Gasteiger partial charge in [-0.05, 0) is 60.1 Å². The van der Waals surface area contributed by atoms with Crippen LogP contribution in [0.3, 0.4) is 0 Å². The Balaban J connectivity index is 2.14. The second kappa shape index (κ2) is 6.40. The Morgan fingerprint density at radius 3 is 2.60 bits per heavy atom. The van der Waals surface area contributed by atoms with E-state index in [1.54, 1.807) is 0 Å². The van der Waals surface area contributed by atoms with Crippen LogP contribution in [0.25, 0.3) is 0 Å². The maximum absolute atomic E-state index is 12.6. The number of hydrogen-bond acceptors (Lipinski definition) is 4. The number of methoxy groups -OCH3 is 1. The highest BCUT2D eigenvalue weighted by Gasteiger charge is 2.57. The van der Waals surface area contributed by atoms with Gasteiger partial charge in [-0.3, -0.25) is 10.1 Å². The van der Waals surface area contributed by atoms with Crippen LogP contribution in [-0.4, -0.2) is 18.3 Å². The minimum absolute atomic E-state index is 0.0794. The number of benzene rings is 1. The lowest BCUT2D eigenvalue weighted by Gasteiger charge is -2.55. The smallest absolute Gasteiger partial charge is 0.311 e. The van der Waals surface area contributed by atoms with E-state index >= 15 is 0 Å². The molecule has 2 aliphatic rings. The zero-order chi connectivity index (χ0) is 18.4. The van der Waals surface area contributed by atoms with Crippen LogP contribution in [0, 0.1) is 11.3 Å². The maximum Gasteiger partial charge on any atom is 0.311 e. The van der Waals surface area contributed by atoms with Gasteiger partial charge >= 0.3 is 5.97 Å². The lowest BCUT2D eigenvalue weighted by molar-refractivity contribution is -0.291. The van der Waals surface area contributed by atoms with Gasteiger partial charge in [0.05, 0.1) is 12.5 Å². The number of hydrogen-bond donors (Lipinski definition) is 1. The van der Waals surface area contributed by atoms with Crippen LogP contribution in [0.1, 0.15) is 82.1 Å². The van der Waals surface area contributed by atoms with Gasteiger partial charge in [0.1, 0.15) is 6.10 Å². The van der Waals surface area contributed by atoms with Crippen LogP contribution >= 0.6 is 0 Å². The predicted molar refractivity (Wildman–Crippen MR) is 96.4 cm³/mol. The second-order valence-corrected chi connectivity index (χ2v) is 8.56. The number of esters is 1. The topological polar surface area (TPSA) is 55.8 Å². The van der Waals surface area contributed by atoms with Crippen LogP contribution in [0.4, 0.5) is 0 Å². The van der Waals surface area contributed by atoms with Crippen LogP contribution in [0.15, 0.2) is 18.2 Å². The van der Waals surface area contributed by atoms with Gasteiger partial charge in [0.2, 0.25) is 0 Å². The molecule has 1 aromatic rings. The van der Waals surface area contributed by atoms with Crippen LogP contribution < -0.4 is 0 Å². The molecular weight excluding hydrogens is 316 g/mol. The third-order valence-electron chi connectivity index (χ3n) is 6.86. The van der Waals surface area contributed by atoms with E-state index in [0.29, 0.717) is 12.3 Å². The first-order chi connectivity index (χ1) is 11.8. The highest BCUT2D eigenvalue weighted by Crippen LogP contribution is 2.60. The number of carbonyl (C=O) groups excluding carboxylic acids is 1. The van der Waals surface area contributed by atoms with Crippen molar-refractivity contribution >= 4 is 5.97 Å². The van der Waals surface area contributed by atoms with Gasteiger partial charge in [0.15, 0.2) is 0 Å². The van der Waals surface area contributed by atoms with Crippen molar-refractivity contribution in [3.63, 3.8) is 0 Å². The van der Waals surface area contributed by atoms with Crippen molar-refractivity contribution in [2.45, 2.75) is 70.8 Å². The van der Waals surface area contributed by atoms with E-state index < -0.39 is 11.5 Å². The summed E-state index contributed by atoms with van der Waals surface area (Å²) in [4.78, 5) is 17.5. The number of rotatable bonds is 3. The molecule has 0 spiro atoms. The average molecular weight is 346 g/mol. The monoisotopic (exact) mass is 346 g/mol. The molecule has 0 bridgehead atoms. The molecule has 0 amide bonds. The van der Waals surface area contributed by atoms with E-state index in [1.165, 1.54) is 18.2 Å². The summed E-state index contributed by atoms with van der Waals surface area (Å²) in [7, 11) is 1.46. The maximum atomic E-state index is 12.6. The van der Waals surface area contributed by atoms with Crippen molar-refractivity contribution in [2.24, 2.45) is 11.3 Å². The van der Waals surface area contributed by atoms with E-state index in [9.17, 15) is 10.1 Å². The number of carbonyl (C=O) groups is 1. The lowest BCUT2D eigenvalue weighted by Crippen LogP contribution is -2.53. The standard InChI is InChI=1S/C21H30O4/c1-13(2)14-7-8-16-15(11-14)17(25-23)12-18-20(16,3)9-6-10-21(18,4)19(22)24-5/h7-8,11,13,17-18,23H,6,9-10,12H2,1-5H3/t17?,18-,20-,21-/m1/s1. The van der Waals surface area contributed by atoms with Crippen LogP contribution in [0.5, 0.6) is 0 Å². The molecule has 1 fully saturated rings. The van der Waals surface area contributed by atoms with E-state index in [4.69, 9.17) is 9.62 Å². The van der Waals surface area contributed by atoms with Crippen LogP contribution in [-0.2, 0) is 19.8 Å². The first-order valence-electron chi connectivity index (χ1n) is 9.31. The Hall–Kier alpha value is -1.39. The zero-order valence-corrected chi connectivity index (χ0v) is 16.0. The molecule has 0 saturated heterocycles. The predicted octanol–water partition coefficient (Wildman–Crippen LogP) is 4.98. The molecular formula is C21H30O4. The molecule has 25 heavy (non-hydrogen) atoms. The van der Waals surface area contributed by atoms with Gasteiger partial charge in [-0.25, -0.2) is 4.89 Å². The Morgan fingerprint density at radius 2 is 2.00 bits per heavy atom. The normalized spacial score (nSPS) is 34.4. The molecule has 0 heterocycles. The molecule has 1 aromatic carbocycles. The third kappa shape index (κ3) is 2.70. The highest BCUT2D eigenvalue weighted by atomic mass is 17.1. The summed E-state index contributed by atoms with van der Waals surface area (Å²) < 4.78 is 5.15. The summed E-state index contributed by atoms with van der Waals surface area (Å²) in [6.45, 7) is 8.61. The molecule has 0 radical (unpaired) electrons. The minimum Gasteiger partial charge on any atom is -0.469 e. The summed E-state index contributed by atoms with van der Waals surface area (Å²) in [6.07, 6.45) is 3.09. The largest absolute Gasteiger partial charge is 0.469 e. The van der Waals surface area contributed by atoms with Crippen molar-refractivity contribution < 1.29 is 19.7 Å². The van der Waals surface area contributed by atoms with Crippen molar-refractivity contribution in [1.82, 2.24) is 0 Å². The summed E-state index contributed by atoms with van der Waals surface area (Å²) in [5.74, 6) is 0.347. The van der Waals surface area contributed by atoms with E-state index in [2.05, 4.69) is 39.0 Å². The quantitative estimate of drug-likeness (QED) is 0.476. The van der Waals surface area contributed by atoms with Gasteiger partial charge in [0.25, 0.3) is 0 Å². The fraction of sp³-hybridized carbons (Fsp3) is 0.667. The zero-order valence-electron chi connectivity index (χ0n) is 16.0. The molecule has 4 atom stereocenters. The Kier molecular flexibility index (Phi) is 4.71. The van der Waals surface area contributed by atoms with Gasteiger partial charge in [-0.1, -0.05) is 45.4 Å². The molecule has 138 valence electrons. The Labute approximate surface area is 150 Å². The summed E-state index contributed by atoms with van der Waals surface area (Å²) in [6, 6.07) is 6.54. The molecule has 4 heteroatoms. The van der Waals surface area contributed by atoms with E-state index in [0.717, 1.165) is 24.8 Å². The SMILES string of the molecule is COC(=O)[C@]1(C)CCC[C@]2(C)c3ccc(C(C)C)cc3C(OO)C[C@@H]12. The van der Waals surface area contributed by atoms with E-state index in [-0.39, 0.29) is 17.3 Å². The molecule has 1 N–H and O–H groups in total. The molecule has 3 rings (SSSR count). The van der Waals surface area contributed by atoms with Crippen LogP contribution in [0.2, 0.25) is 0 Å². The lowest BCUT2D eigenvalue weighted by atomic mass is 9.49. The molecule has 4 nitrogen and oxygen atoms in total. The first-order valence-corrected chi connectivity index (χ1v) is 9.31. The van der Waals surface area contributed by atoms with Crippen molar-refractivity contribution in [3.8, 4) is 0 Å². The number of fused-ring (bicyclic) bond motifs is 3. The van der Waals surface area contributed by atoms with Gasteiger partial charge in [-0.15, -0.1) is 0 Å². The summed E-state index contributed by atoms with van der Waals surface area (Å²) >= 11 is 0. The van der Waals surface area contributed by atoms with Gasteiger partial charge in [-0.2, -0.15) is 0 Å². The molecule has 1 unspecified atom stereocenters. The Bertz CT molecular complexity index is 668. The van der Waals surface area contributed by atoms with Gasteiger partial charge in [0, 0.05) is 0 Å². The van der Waals surface area contributed by atoms with Gasteiger partial charge < -0.3 is 4.74 Å². The average Bonchev–Trinajstić information content (AvgIpc) is 2.60. The first kappa shape index (κ1) is 18.4.